The van der Waals surface area contributed by atoms with E-state index in [1.807, 2.05) is 43.1 Å². The Labute approximate surface area is 141 Å². The lowest BCUT2D eigenvalue weighted by atomic mass is 9.98. The van der Waals surface area contributed by atoms with Gasteiger partial charge in [-0.25, -0.2) is 4.68 Å². The average Bonchev–Trinajstić information content (AvgIpc) is 2.97. The molecule has 3 rings (SSSR count). The summed E-state index contributed by atoms with van der Waals surface area (Å²) >= 11 is 0. The van der Waals surface area contributed by atoms with Crippen LogP contribution in [0.4, 0.5) is 0 Å². The van der Waals surface area contributed by atoms with Gasteiger partial charge in [-0.2, -0.15) is 0 Å². The number of rotatable bonds is 4. The molecule has 6 nitrogen and oxygen atoms in total. The van der Waals surface area contributed by atoms with Crippen LogP contribution in [-0.2, 0) is 0 Å². The van der Waals surface area contributed by atoms with E-state index in [9.17, 15) is 9.59 Å². The Morgan fingerprint density at radius 3 is 2.79 bits per heavy atom. The van der Waals surface area contributed by atoms with Crippen LogP contribution in [0.15, 0.2) is 35.1 Å². The molecule has 0 bridgehead atoms. The molecular formula is C18H24N4O2. The summed E-state index contributed by atoms with van der Waals surface area (Å²) in [6, 6.07) is 9.01. The van der Waals surface area contributed by atoms with Crippen molar-refractivity contribution in [2.45, 2.75) is 19.8 Å². The molecule has 1 aromatic heterocycles. The van der Waals surface area contributed by atoms with Crippen molar-refractivity contribution >= 4 is 5.91 Å². The minimum atomic E-state index is -0.217. The van der Waals surface area contributed by atoms with Gasteiger partial charge in [-0.1, -0.05) is 17.7 Å². The van der Waals surface area contributed by atoms with E-state index in [4.69, 9.17) is 0 Å². The number of H-pyrrole nitrogens is 1. The fourth-order valence-electron chi connectivity index (χ4n) is 3.27. The van der Waals surface area contributed by atoms with Gasteiger partial charge in [0.05, 0.1) is 5.69 Å². The average molecular weight is 328 g/mol. The molecule has 1 aliphatic heterocycles. The summed E-state index contributed by atoms with van der Waals surface area (Å²) in [5.41, 5.74) is 1.99. The Hall–Kier alpha value is -2.34. The molecule has 1 amide bonds. The van der Waals surface area contributed by atoms with Crippen molar-refractivity contribution in [2.75, 3.05) is 26.7 Å². The molecule has 24 heavy (non-hydrogen) atoms. The van der Waals surface area contributed by atoms with Gasteiger partial charge in [0.1, 0.15) is 5.69 Å². The molecule has 1 saturated heterocycles. The second kappa shape index (κ2) is 7.05. The summed E-state index contributed by atoms with van der Waals surface area (Å²) in [4.78, 5) is 26.8. The summed E-state index contributed by atoms with van der Waals surface area (Å²) in [6.07, 6.45) is 2.13. The van der Waals surface area contributed by atoms with Crippen LogP contribution in [0.25, 0.3) is 5.69 Å². The molecule has 1 atom stereocenters. The zero-order chi connectivity index (χ0) is 17.1. The van der Waals surface area contributed by atoms with Gasteiger partial charge in [0.25, 0.3) is 11.5 Å². The van der Waals surface area contributed by atoms with Crippen LogP contribution in [0, 0.1) is 12.8 Å². The van der Waals surface area contributed by atoms with E-state index in [0.717, 1.165) is 43.7 Å². The number of aryl methyl sites for hydroxylation is 1. The highest BCUT2D eigenvalue weighted by molar-refractivity contribution is 5.92. The number of amides is 1. The topological polar surface area (TPSA) is 70.1 Å². The standard InChI is InChI=1S/C18H24N4O2/c1-13-5-7-15(8-6-13)22-17(23)10-16(20-22)18(24)21-9-3-4-14(12-21)11-19-2/h5-8,10,14,19-20H,3-4,9,11-12H2,1-2H3. The molecule has 1 unspecified atom stereocenters. The largest absolute Gasteiger partial charge is 0.337 e. The molecule has 0 saturated carbocycles. The van der Waals surface area contributed by atoms with Crippen LogP contribution in [-0.4, -0.2) is 47.3 Å². The van der Waals surface area contributed by atoms with E-state index in [0.29, 0.717) is 11.6 Å². The van der Waals surface area contributed by atoms with E-state index in [1.165, 1.54) is 10.7 Å². The lowest BCUT2D eigenvalue weighted by molar-refractivity contribution is 0.0668. The minimum absolute atomic E-state index is 0.0984. The molecule has 128 valence electrons. The number of benzene rings is 1. The molecule has 2 aromatic rings. The van der Waals surface area contributed by atoms with E-state index in [2.05, 4.69) is 10.4 Å². The third-order valence-corrected chi connectivity index (χ3v) is 4.54. The first kappa shape index (κ1) is 16.5. The van der Waals surface area contributed by atoms with E-state index in [1.54, 1.807) is 0 Å². The van der Waals surface area contributed by atoms with Gasteiger partial charge in [0.15, 0.2) is 0 Å². The highest BCUT2D eigenvalue weighted by Gasteiger charge is 2.25. The first-order chi connectivity index (χ1) is 11.6. The van der Waals surface area contributed by atoms with Crippen molar-refractivity contribution in [3.05, 3.63) is 51.9 Å². The van der Waals surface area contributed by atoms with Crippen LogP contribution in [0.5, 0.6) is 0 Å². The first-order valence-corrected chi connectivity index (χ1v) is 8.41. The maximum absolute atomic E-state index is 12.7. The fourth-order valence-corrected chi connectivity index (χ4v) is 3.27. The van der Waals surface area contributed by atoms with Gasteiger partial charge in [0, 0.05) is 19.2 Å². The number of aromatic nitrogens is 2. The third-order valence-electron chi connectivity index (χ3n) is 4.54. The van der Waals surface area contributed by atoms with Crippen LogP contribution >= 0.6 is 0 Å². The molecule has 2 N–H and O–H groups in total. The zero-order valence-electron chi connectivity index (χ0n) is 14.2. The number of carbonyl (C=O) groups is 1. The quantitative estimate of drug-likeness (QED) is 0.894. The molecule has 0 spiro atoms. The second-order valence-electron chi connectivity index (χ2n) is 6.50. The van der Waals surface area contributed by atoms with Gasteiger partial charge in [-0.3, -0.25) is 14.7 Å². The van der Waals surface area contributed by atoms with E-state index in [-0.39, 0.29) is 11.5 Å². The highest BCUT2D eigenvalue weighted by Crippen LogP contribution is 2.17. The molecule has 6 heteroatoms. The lowest BCUT2D eigenvalue weighted by Gasteiger charge is -2.32. The third kappa shape index (κ3) is 3.43. The molecule has 1 aromatic carbocycles. The normalized spacial score (nSPS) is 17.9. The smallest absolute Gasteiger partial charge is 0.271 e. The molecule has 1 fully saturated rings. The number of nitrogens with one attached hydrogen (secondary N) is 2. The predicted molar refractivity (Wildman–Crippen MR) is 93.7 cm³/mol. The summed E-state index contributed by atoms with van der Waals surface area (Å²) < 4.78 is 1.42. The van der Waals surface area contributed by atoms with Gasteiger partial charge >= 0.3 is 0 Å². The predicted octanol–water partition coefficient (Wildman–Crippen LogP) is 1.55. The van der Waals surface area contributed by atoms with Gasteiger partial charge in [-0.05, 0) is 51.4 Å². The van der Waals surface area contributed by atoms with Crippen molar-refractivity contribution < 1.29 is 4.79 Å². The van der Waals surface area contributed by atoms with E-state index < -0.39 is 0 Å². The van der Waals surface area contributed by atoms with Crippen LogP contribution in [0.1, 0.15) is 28.9 Å². The Morgan fingerprint density at radius 1 is 1.33 bits per heavy atom. The minimum Gasteiger partial charge on any atom is -0.337 e. The number of carbonyl (C=O) groups excluding carboxylic acids is 1. The SMILES string of the molecule is CNCC1CCCN(C(=O)c2cc(=O)n(-c3ccc(C)cc3)[nH]2)C1. The monoisotopic (exact) mass is 328 g/mol. The number of piperidine rings is 1. The molecule has 0 radical (unpaired) electrons. The molecule has 2 heterocycles. The second-order valence-corrected chi connectivity index (χ2v) is 6.50. The summed E-state index contributed by atoms with van der Waals surface area (Å²) in [6.45, 7) is 4.38. The van der Waals surface area contributed by atoms with Crippen LogP contribution in [0.3, 0.4) is 0 Å². The number of hydrogen-bond acceptors (Lipinski definition) is 3. The van der Waals surface area contributed by atoms with Crippen LogP contribution in [0.2, 0.25) is 0 Å². The van der Waals surface area contributed by atoms with Crippen molar-refractivity contribution in [3.8, 4) is 5.69 Å². The van der Waals surface area contributed by atoms with Gasteiger partial charge in [0.2, 0.25) is 0 Å². The number of aromatic amines is 1. The van der Waals surface area contributed by atoms with Crippen molar-refractivity contribution in [3.63, 3.8) is 0 Å². The Kier molecular flexibility index (Phi) is 4.85. The van der Waals surface area contributed by atoms with Crippen molar-refractivity contribution in [1.29, 1.82) is 0 Å². The van der Waals surface area contributed by atoms with Gasteiger partial charge in [-0.15, -0.1) is 0 Å². The number of likely N-dealkylation sites (tertiary alicyclic amines) is 1. The summed E-state index contributed by atoms with van der Waals surface area (Å²) in [7, 11) is 1.93. The summed E-state index contributed by atoms with van der Waals surface area (Å²) in [5, 5.41) is 6.13. The molecule has 0 aliphatic carbocycles. The van der Waals surface area contributed by atoms with Crippen LogP contribution < -0.4 is 10.9 Å². The zero-order valence-corrected chi connectivity index (χ0v) is 14.2. The number of hydrogen-bond donors (Lipinski definition) is 2. The summed E-state index contributed by atoms with van der Waals surface area (Å²) in [5.74, 6) is 0.373. The Balaban J connectivity index is 1.80. The number of nitrogens with zero attached hydrogens (tertiary/aromatic N) is 2. The molecular weight excluding hydrogens is 304 g/mol. The highest BCUT2D eigenvalue weighted by atomic mass is 16.2. The maximum Gasteiger partial charge on any atom is 0.271 e. The Bertz CT molecular complexity index is 758. The van der Waals surface area contributed by atoms with E-state index >= 15 is 0 Å². The fraction of sp³-hybridized carbons (Fsp3) is 0.444. The Morgan fingerprint density at radius 2 is 2.08 bits per heavy atom. The van der Waals surface area contributed by atoms with Crippen molar-refractivity contribution in [1.82, 2.24) is 20.0 Å². The van der Waals surface area contributed by atoms with Crippen molar-refractivity contribution in [2.24, 2.45) is 5.92 Å². The van der Waals surface area contributed by atoms with Gasteiger partial charge < -0.3 is 10.2 Å². The molecule has 1 aliphatic rings. The lowest BCUT2D eigenvalue weighted by Crippen LogP contribution is -2.42. The maximum atomic E-state index is 12.7. The first-order valence-electron chi connectivity index (χ1n) is 8.41.